The van der Waals surface area contributed by atoms with Gasteiger partial charge in [-0.2, -0.15) is 0 Å². The second-order valence-electron chi connectivity index (χ2n) is 4.08. The highest BCUT2D eigenvalue weighted by Gasteiger charge is 2.06. The second kappa shape index (κ2) is 4.99. The minimum Gasteiger partial charge on any atom is -0.370 e. The van der Waals surface area contributed by atoms with Gasteiger partial charge in [0, 0.05) is 24.0 Å². The van der Waals surface area contributed by atoms with Gasteiger partial charge in [0.1, 0.15) is 5.82 Å². The maximum Gasteiger partial charge on any atom is 0.130 e. The van der Waals surface area contributed by atoms with Gasteiger partial charge in [0.2, 0.25) is 0 Å². The Kier molecular flexibility index (Phi) is 3.42. The van der Waals surface area contributed by atoms with Crippen LogP contribution in [0.1, 0.15) is 23.9 Å². The standard InChI is InChI=1S/C13H18N4/c1-4-14-13-12(6-5-7-15-13)8-17-9-16-10(2)11(17)3/h5-7,9H,4,8H2,1-3H3,(H,14,15). The van der Waals surface area contributed by atoms with Gasteiger partial charge in [0.05, 0.1) is 18.6 Å². The molecular weight excluding hydrogens is 212 g/mol. The Morgan fingerprint density at radius 1 is 1.29 bits per heavy atom. The van der Waals surface area contributed by atoms with E-state index in [-0.39, 0.29) is 0 Å². The van der Waals surface area contributed by atoms with E-state index in [1.165, 1.54) is 11.3 Å². The Hall–Kier alpha value is -1.84. The molecule has 0 saturated carbocycles. The van der Waals surface area contributed by atoms with Crippen molar-refractivity contribution in [2.45, 2.75) is 27.3 Å². The molecule has 2 heterocycles. The van der Waals surface area contributed by atoms with Crippen LogP contribution < -0.4 is 5.32 Å². The SMILES string of the molecule is CCNc1ncccc1Cn1cnc(C)c1C. The molecule has 1 N–H and O–H groups in total. The van der Waals surface area contributed by atoms with Gasteiger partial charge in [-0.25, -0.2) is 9.97 Å². The fourth-order valence-electron chi connectivity index (χ4n) is 1.78. The predicted octanol–water partition coefficient (Wildman–Crippen LogP) is 2.38. The van der Waals surface area contributed by atoms with E-state index in [4.69, 9.17) is 0 Å². The summed E-state index contributed by atoms with van der Waals surface area (Å²) in [5.74, 6) is 0.959. The van der Waals surface area contributed by atoms with Crippen molar-refractivity contribution in [1.29, 1.82) is 0 Å². The third-order valence-corrected chi connectivity index (χ3v) is 2.92. The van der Waals surface area contributed by atoms with E-state index in [1.54, 1.807) is 0 Å². The lowest BCUT2D eigenvalue weighted by Gasteiger charge is -2.11. The first kappa shape index (κ1) is 11.6. The fraction of sp³-hybridized carbons (Fsp3) is 0.385. The van der Waals surface area contributed by atoms with Crippen LogP contribution in [0.2, 0.25) is 0 Å². The Morgan fingerprint density at radius 3 is 2.76 bits per heavy atom. The Bertz CT molecular complexity index is 502. The summed E-state index contributed by atoms with van der Waals surface area (Å²) < 4.78 is 2.15. The molecule has 0 aliphatic heterocycles. The molecule has 0 aromatic carbocycles. The molecule has 0 amide bonds. The summed E-state index contributed by atoms with van der Waals surface area (Å²) in [7, 11) is 0. The number of hydrogen-bond acceptors (Lipinski definition) is 3. The van der Waals surface area contributed by atoms with Crippen molar-refractivity contribution in [3.8, 4) is 0 Å². The minimum atomic E-state index is 0.808. The molecule has 0 atom stereocenters. The average Bonchev–Trinajstić information content (AvgIpc) is 2.64. The molecule has 0 spiro atoms. The molecule has 90 valence electrons. The van der Waals surface area contributed by atoms with Crippen LogP contribution in [0.4, 0.5) is 5.82 Å². The van der Waals surface area contributed by atoms with Crippen molar-refractivity contribution in [3.05, 3.63) is 41.6 Å². The van der Waals surface area contributed by atoms with Crippen LogP contribution >= 0.6 is 0 Å². The van der Waals surface area contributed by atoms with Gasteiger partial charge in [-0.15, -0.1) is 0 Å². The highest BCUT2D eigenvalue weighted by atomic mass is 15.1. The number of rotatable bonds is 4. The van der Waals surface area contributed by atoms with Gasteiger partial charge in [0.25, 0.3) is 0 Å². The molecular formula is C13H18N4. The van der Waals surface area contributed by atoms with Crippen molar-refractivity contribution in [1.82, 2.24) is 14.5 Å². The third kappa shape index (κ3) is 2.46. The van der Waals surface area contributed by atoms with Gasteiger partial charge in [-0.1, -0.05) is 6.07 Å². The quantitative estimate of drug-likeness (QED) is 0.877. The average molecular weight is 230 g/mol. The monoisotopic (exact) mass is 230 g/mol. The summed E-state index contributed by atoms with van der Waals surface area (Å²) >= 11 is 0. The van der Waals surface area contributed by atoms with Crippen LogP contribution in [-0.2, 0) is 6.54 Å². The molecule has 2 aromatic heterocycles. The smallest absolute Gasteiger partial charge is 0.130 e. The lowest BCUT2D eigenvalue weighted by molar-refractivity contribution is 0.766. The van der Waals surface area contributed by atoms with E-state index >= 15 is 0 Å². The Morgan fingerprint density at radius 2 is 2.12 bits per heavy atom. The zero-order valence-corrected chi connectivity index (χ0v) is 10.6. The topological polar surface area (TPSA) is 42.7 Å². The minimum absolute atomic E-state index is 0.808. The first-order valence-electron chi connectivity index (χ1n) is 5.88. The number of anilines is 1. The zero-order valence-electron chi connectivity index (χ0n) is 10.6. The Balaban J connectivity index is 2.26. The van der Waals surface area contributed by atoms with Crippen molar-refractivity contribution < 1.29 is 0 Å². The number of aryl methyl sites for hydroxylation is 1. The molecule has 2 aromatic rings. The summed E-state index contributed by atoms with van der Waals surface area (Å²) in [4.78, 5) is 8.67. The molecule has 4 nitrogen and oxygen atoms in total. The van der Waals surface area contributed by atoms with Crippen LogP contribution in [0, 0.1) is 13.8 Å². The van der Waals surface area contributed by atoms with E-state index in [9.17, 15) is 0 Å². The summed E-state index contributed by atoms with van der Waals surface area (Å²) in [5, 5.41) is 3.28. The summed E-state index contributed by atoms with van der Waals surface area (Å²) in [6.45, 7) is 7.88. The normalized spacial score (nSPS) is 10.5. The van der Waals surface area contributed by atoms with Gasteiger partial charge in [-0.05, 0) is 26.8 Å². The molecule has 0 saturated heterocycles. The molecule has 0 aliphatic rings. The highest BCUT2D eigenvalue weighted by molar-refractivity contribution is 5.43. The summed E-state index contributed by atoms with van der Waals surface area (Å²) in [5.41, 5.74) is 3.48. The number of hydrogen-bond donors (Lipinski definition) is 1. The summed E-state index contributed by atoms with van der Waals surface area (Å²) in [6.07, 6.45) is 3.70. The number of nitrogens with zero attached hydrogens (tertiary/aromatic N) is 3. The van der Waals surface area contributed by atoms with Crippen LogP contribution in [0.15, 0.2) is 24.7 Å². The molecule has 0 unspecified atom stereocenters. The van der Waals surface area contributed by atoms with Crippen molar-refractivity contribution in [2.75, 3.05) is 11.9 Å². The molecule has 0 bridgehead atoms. The summed E-state index contributed by atoms with van der Waals surface area (Å²) in [6, 6.07) is 4.06. The number of aromatic nitrogens is 3. The van der Waals surface area contributed by atoms with Gasteiger partial charge in [0.15, 0.2) is 0 Å². The lowest BCUT2D eigenvalue weighted by atomic mass is 10.2. The van der Waals surface area contributed by atoms with Crippen molar-refractivity contribution in [3.63, 3.8) is 0 Å². The van der Waals surface area contributed by atoms with Crippen molar-refractivity contribution in [2.24, 2.45) is 0 Å². The van der Waals surface area contributed by atoms with Gasteiger partial charge >= 0.3 is 0 Å². The second-order valence-corrected chi connectivity index (χ2v) is 4.08. The first-order chi connectivity index (χ1) is 8.22. The molecule has 0 radical (unpaired) electrons. The van der Waals surface area contributed by atoms with Crippen molar-refractivity contribution >= 4 is 5.82 Å². The lowest BCUT2D eigenvalue weighted by Crippen LogP contribution is -2.07. The van der Waals surface area contributed by atoms with E-state index in [0.717, 1.165) is 24.6 Å². The fourth-order valence-corrected chi connectivity index (χ4v) is 1.78. The first-order valence-corrected chi connectivity index (χ1v) is 5.88. The molecule has 0 fully saturated rings. The van der Waals surface area contributed by atoms with Crippen LogP contribution in [0.25, 0.3) is 0 Å². The molecule has 2 rings (SSSR count). The Labute approximate surface area is 102 Å². The highest BCUT2D eigenvalue weighted by Crippen LogP contribution is 2.15. The van der Waals surface area contributed by atoms with E-state index in [1.807, 2.05) is 25.5 Å². The molecule has 0 aliphatic carbocycles. The van der Waals surface area contributed by atoms with E-state index in [0.29, 0.717) is 0 Å². The van der Waals surface area contributed by atoms with Gasteiger partial charge in [-0.3, -0.25) is 0 Å². The van der Waals surface area contributed by atoms with E-state index < -0.39 is 0 Å². The van der Waals surface area contributed by atoms with E-state index in [2.05, 4.69) is 39.8 Å². The molecule has 17 heavy (non-hydrogen) atoms. The number of pyridine rings is 1. The predicted molar refractivity (Wildman–Crippen MR) is 69.2 cm³/mol. The number of imidazole rings is 1. The van der Waals surface area contributed by atoms with Crippen LogP contribution in [-0.4, -0.2) is 21.1 Å². The maximum absolute atomic E-state index is 4.36. The van der Waals surface area contributed by atoms with Gasteiger partial charge < -0.3 is 9.88 Å². The van der Waals surface area contributed by atoms with Crippen LogP contribution in [0.3, 0.4) is 0 Å². The molecule has 4 heteroatoms. The maximum atomic E-state index is 4.36. The van der Waals surface area contributed by atoms with Crippen LogP contribution in [0.5, 0.6) is 0 Å². The largest absolute Gasteiger partial charge is 0.370 e. The number of nitrogens with one attached hydrogen (secondary N) is 1. The third-order valence-electron chi connectivity index (χ3n) is 2.92. The zero-order chi connectivity index (χ0) is 12.3.